The van der Waals surface area contributed by atoms with Crippen LogP contribution < -0.4 is 10.5 Å². The molecule has 6 rings (SSSR count). The van der Waals surface area contributed by atoms with Gasteiger partial charge in [-0.15, -0.1) is 0 Å². The molecule has 4 aromatic rings. The second kappa shape index (κ2) is 12.1. The average Bonchev–Trinajstić information content (AvgIpc) is 3.60. The highest BCUT2D eigenvalue weighted by Crippen LogP contribution is 2.40. The molecule has 0 aliphatic carbocycles. The van der Waals surface area contributed by atoms with Gasteiger partial charge in [-0.25, -0.2) is 9.97 Å². The van der Waals surface area contributed by atoms with Crippen molar-refractivity contribution in [3.63, 3.8) is 0 Å². The minimum Gasteiger partial charge on any atom is -0.457 e. The minimum atomic E-state index is 0.0219. The topological polar surface area (TPSA) is 98.7 Å². The van der Waals surface area contributed by atoms with Crippen molar-refractivity contribution in [2.75, 3.05) is 52.7 Å². The Balaban J connectivity index is 1.34. The standard InChI is InChI=1S/C33H34N6O3/c1-37(2)17-6-9-29(40)38-19-23(20-38)10-15-28-30(24-11-13-27(14-12-24)42-26-7-4-3-5-8-26)31-32(34)35-22-36-33(31)39(28)25-16-18-41-21-25/h3-9,11-14,22-23,25H,16-21H2,1-2H3,(H2,34,35,36)/b9-6+. The Hall–Kier alpha value is -4.65. The highest BCUT2D eigenvalue weighted by atomic mass is 16.5. The predicted octanol–water partition coefficient (Wildman–Crippen LogP) is 4.36. The number of fused-ring (bicyclic) bond motifs is 1. The first-order valence-corrected chi connectivity index (χ1v) is 14.1. The number of likely N-dealkylation sites (N-methyl/N-ethyl adjacent to an activating group) is 1. The number of ether oxygens (including phenoxy) is 2. The molecule has 2 aliphatic heterocycles. The molecule has 2 aromatic heterocycles. The summed E-state index contributed by atoms with van der Waals surface area (Å²) >= 11 is 0. The molecule has 214 valence electrons. The van der Waals surface area contributed by atoms with Gasteiger partial charge >= 0.3 is 0 Å². The molecule has 0 saturated carbocycles. The van der Waals surface area contributed by atoms with E-state index in [0.29, 0.717) is 32.1 Å². The lowest BCUT2D eigenvalue weighted by Crippen LogP contribution is -2.48. The third-order valence-electron chi connectivity index (χ3n) is 7.52. The SMILES string of the molecule is CN(C)C/C=C/C(=O)N1CC(C#Cc2c(-c3ccc(Oc4ccccc4)cc3)c3c(N)ncnc3n2C2CCOC2)C1. The number of rotatable bonds is 7. The van der Waals surface area contributed by atoms with E-state index in [-0.39, 0.29) is 17.9 Å². The fourth-order valence-electron chi connectivity index (χ4n) is 5.35. The lowest BCUT2D eigenvalue weighted by Gasteiger charge is -2.35. The van der Waals surface area contributed by atoms with Crippen LogP contribution in [0.1, 0.15) is 18.2 Å². The summed E-state index contributed by atoms with van der Waals surface area (Å²) in [4.78, 5) is 25.3. The molecule has 42 heavy (non-hydrogen) atoms. The van der Waals surface area contributed by atoms with E-state index in [1.54, 1.807) is 6.08 Å². The second-order valence-electron chi connectivity index (χ2n) is 10.9. The van der Waals surface area contributed by atoms with E-state index in [4.69, 9.17) is 15.2 Å². The summed E-state index contributed by atoms with van der Waals surface area (Å²) in [7, 11) is 3.95. The number of amides is 1. The van der Waals surface area contributed by atoms with E-state index in [9.17, 15) is 4.79 Å². The van der Waals surface area contributed by atoms with Crippen LogP contribution in [0.5, 0.6) is 11.5 Å². The van der Waals surface area contributed by atoms with E-state index in [1.807, 2.05) is 84.6 Å². The molecule has 0 radical (unpaired) electrons. The van der Waals surface area contributed by atoms with Gasteiger partial charge in [0.2, 0.25) is 5.91 Å². The summed E-state index contributed by atoms with van der Waals surface area (Å²) in [6.45, 7) is 3.20. The Morgan fingerprint density at radius 2 is 1.88 bits per heavy atom. The first-order valence-electron chi connectivity index (χ1n) is 14.1. The molecule has 1 amide bonds. The maximum Gasteiger partial charge on any atom is 0.246 e. The van der Waals surface area contributed by atoms with Gasteiger partial charge in [0.15, 0.2) is 0 Å². The van der Waals surface area contributed by atoms with E-state index in [1.165, 1.54) is 6.33 Å². The number of hydrogen-bond donors (Lipinski definition) is 1. The third kappa shape index (κ3) is 5.73. The number of carbonyl (C=O) groups is 1. The molecule has 2 N–H and O–H groups in total. The number of nitrogens with zero attached hydrogens (tertiary/aromatic N) is 5. The normalized spacial score (nSPS) is 17.0. The lowest BCUT2D eigenvalue weighted by atomic mass is 9.99. The number of para-hydroxylation sites is 1. The van der Waals surface area contributed by atoms with Crippen LogP contribution in [0.25, 0.3) is 22.2 Å². The average molecular weight is 563 g/mol. The molecule has 2 aromatic carbocycles. The van der Waals surface area contributed by atoms with E-state index in [0.717, 1.165) is 52.3 Å². The molecule has 4 heterocycles. The molecule has 2 fully saturated rings. The van der Waals surface area contributed by atoms with Crippen molar-refractivity contribution in [2.24, 2.45) is 5.92 Å². The van der Waals surface area contributed by atoms with Gasteiger partial charge in [-0.3, -0.25) is 4.79 Å². The summed E-state index contributed by atoms with van der Waals surface area (Å²) in [5.41, 5.74) is 9.91. The van der Waals surface area contributed by atoms with Crippen molar-refractivity contribution < 1.29 is 14.3 Å². The first-order chi connectivity index (χ1) is 20.5. The van der Waals surface area contributed by atoms with Crippen LogP contribution in [0.4, 0.5) is 5.82 Å². The van der Waals surface area contributed by atoms with Crippen molar-refractivity contribution in [3.8, 4) is 34.5 Å². The maximum absolute atomic E-state index is 12.5. The number of benzene rings is 2. The van der Waals surface area contributed by atoms with Crippen molar-refractivity contribution in [3.05, 3.63) is 78.8 Å². The number of nitrogens with two attached hydrogens (primary N) is 1. The predicted molar refractivity (Wildman–Crippen MR) is 163 cm³/mol. The Bertz CT molecular complexity index is 1660. The molecule has 0 spiro atoms. The fraction of sp³-hybridized carbons (Fsp3) is 0.303. The lowest BCUT2D eigenvalue weighted by molar-refractivity contribution is -0.130. The van der Waals surface area contributed by atoms with Gasteiger partial charge in [0.05, 0.1) is 24.0 Å². The van der Waals surface area contributed by atoms with Gasteiger partial charge in [-0.1, -0.05) is 42.3 Å². The van der Waals surface area contributed by atoms with Crippen LogP contribution in [-0.4, -0.2) is 77.2 Å². The van der Waals surface area contributed by atoms with Crippen LogP contribution in [0.15, 0.2) is 73.1 Å². The molecule has 1 atom stereocenters. The van der Waals surface area contributed by atoms with Crippen molar-refractivity contribution in [2.45, 2.75) is 12.5 Å². The Morgan fingerprint density at radius 3 is 2.60 bits per heavy atom. The quantitative estimate of drug-likeness (QED) is 0.264. The summed E-state index contributed by atoms with van der Waals surface area (Å²) < 4.78 is 14.0. The zero-order valence-corrected chi connectivity index (χ0v) is 23.9. The fourth-order valence-corrected chi connectivity index (χ4v) is 5.35. The largest absolute Gasteiger partial charge is 0.457 e. The van der Waals surface area contributed by atoms with E-state index < -0.39 is 0 Å². The van der Waals surface area contributed by atoms with Crippen LogP contribution in [-0.2, 0) is 9.53 Å². The number of aromatic nitrogens is 3. The number of likely N-dealkylation sites (tertiary alicyclic amines) is 1. The Labute approximate surface area is 245 Å². The highest BCUT2D eigenvalue weighted by molar-refractivity contribution is 6.03. The summed E-state index contributed by atoms with van der Waals surface area (Å²) in [5, 5.41) is 0.780. The molecular formula is C33H34N6O3. The van der Waals surface area contributed by atoms with Gasteiger partial charge in [0.25, 0.3) is 0 Å². The van der Waals surface area contributed by atoms with Crippen LogP contribution in [0, 0.1) is 17.8 Å². The molecule has 1 unspecified atom stereocenters. The maximum atomic E-state index is 12.5. The number of hydrogen-bond acceptors (Lipinski definition) is 7. The van der Waals surface area contributed by atoms with E-state index in [2.05, 4.69) is 26.4 Å². The van der Waals surface area contributed by atoms with Crippen molar-refractivity contribution in [1.82, 2.24) is 24.3 Å². The van der Waals surface area contributed by atoms with E-state index >= 15 is 0 Å². The molecule has 2 aliphatic rings. The van der Waals surface area contributed by atoms with Crippen molar-refractivity contribution in [1.29, 1.82) is 0 Å². The monoisotopic (exact) mass is 562 g/mol. The van der Waals surface area contributed by atoms with Gasteiger partial charge in [0.1, 0.15) is 35.0 Å². The number of carbonyl (C=O) groups excluding carboxylic acids is 1. The van der Waals surface area contributed by atoms with Gasteiger partial charge in [0, 0.05) is 37.9 Å². The zero-order valence-electron chi connectivity index (χ0n) is 23.9. The summed E-state index contributed by atoms with van der Waals surface area (Å²) in [6, 6.07) is 17.7. The third-order valence-corrected chi connectivity index (χ3v) is 7.52. The van der Waals surface area contributed by atoms with Gasteiger partial charge in [-0.2, -0.15) is 0 Å². The molecule has 2 saturated heterocycles. The Kier molecular flexibility index (Phi) is 7.91. The first kappa shape index (κ1) is 27.5. The Morgan fingerprint density at radius 1 is 1.12 bits per heavy atom. The van der Waals surface area contributed by atoms with Crippen LogP contribution in [0.3, 0.4) is 0 Å². The minimum absolute atomic E-state index is 0.0219. The highest BCUT2D eigenvalue weighted by Gasteiger charge is 2.30. The van der Waals surface area contributed by atoms with Crippen LogP contribution >= 0.6 is 0 Å². The number of anilines is 1. The zero-order chi connectivity index (χ0) is 29.1. The molecule has 0 bridgehead atoms. The summed E-state index contributed by atoms with van der Waals surface area (Å²) in [6.07, 6.45) is 5.89. The van der Waals surface area contributed by atoms with Gasteiger partial charge in [-0.05, 0) is 56.3 Å². The second-order valence-corrected chi connectivity index (χ2v) is 10.9. The van der Waals surface area contributed by atoms with Crippen LogP contribution in [0.2, 0.25) is 0 Å². The summed E-state index contributed by atoms with van der Waals surface area (Å²) in [5.74, 6) is 8.94. The number of nitrogen functional groups attached to an aromatic ring is 1. The molecule has 9 nitrogen and oxygen atoms in total. The smallest absolute Gasteiger partial charge is 0.246 e. The molecule has 9 heteroatoms. The van der Waals surface area contributed by atoms with Crippen molar-refractivity contribution >= 4 is 22.8 Å². The molecular weight excluding hydrogens is 528 g/mol. The van der Waals surface area contributed by atoms with Gasteiger partial charge < -0.3 is 29.6 Å².